The molecule has 1 aromatic heterocycles. The molecule has 1 heterocycles. The van der Waals surface area contributed by atoms with Crippen molar-refractivity contribution in [2.75, 3.05) is 0 Å². The first-order valence-electron chi connectivity index (χ1n) is 4.12. The van der Waals surface area contributed by atoms with E-state index in [-0.39, 0.29) is 10.9 Å². The van der Waals surface area contributed by atoms with Crippen LogP contribution in [-0.4, -0.2) is 16.3 Å². The molecule has 2 rings (SSSR count). The average molecular weight is 249 g/mol. The molecule has 0 aliphatic rings. The molecule has 2 aromatic rings. The second-order valence-corrected chi connectivity index (χ2v) is 3.25. The van der Waals surface area contributed by atoms with E-state index in [1.54, 1.807) is 0 Å². The Morgan fingerprint density at radius 2 is 1.94 bits per heavy atom. The number of nitrogens with zero attached hydrogens (tertiary/aromatic N) is 2. The van der Waals surface area contributed by atoms with E-state index in [0.29, 0.717) is 10.9 Å². The fourth-order valence-corrected chi connectivity index (χ4v) is 1.40. The zero-order valence-corrected chi connectivity index (χ0v) is 8.38. The molecule has 7 heteroatoms. The molecule has 0 spiro atoms. The Kier molecular flexibility index (Phi) is 2.59. The molecule has 0 aliphatic heterocycles. The van der Waals surface area contributed by atoms with E-state index in [0.717, 1.165) is 12.1 Å². The minimum Gasteiger partial charge on any atom is -0.406 e. The third kappa shape index (κ3) is 2.33. The number of hydrogen-bond acceptors (Lipinski definition) is 3. The predicted octanol–water partition coefficient (Wildman–Crippen LogP) is 3.18. The van der Waals surface area contributed by atoms with Crippen molar-refractivity contribution in [3.05, 3.63) is 29.7 Å². The molecular weight excluding hydrogens is 245 g/mol. The van der Waals surface area contributed by atoms with Crippen molar-refractivity contribution < 1.29 is 17.9 Å². The summed E-state index contributed by atoms with van der Waals surface area (Å²) in [4.78, 5) is 7.49. The zero-order chi connectivity index (χ0) is 11.8. The van der Waals surface area contributed by atoms with Gasteiger partial charge < -0.3 is 4.74 Å². The highest BCUT2D eigenvalue weighted by Crippen LogP contribution is 2.27. The van der Waals surface area contributed by atoms with Crippen molar-refractivity contribution in [2.24, 2.45) is 0 Å². The molecule has 0 amide bonds. The normalized spacial score (nSPS) is 11.8. The fraction of sp³-hybridized carbons (Fsp3) is 0.111. The number of rotatable bonds is 1. The number of hydrogen-bond donors (Lipinski definition) is 0. The van der Waals surface area contributed by atoms with Crippen molar-refractivity contribution >= 4 is 22.5 Å². The summed E-state index contributed by atoms with van der Waals surface area (Å²) in [5.41, 5.74) is 0.293. The lowest BCUT2D eigenvalue weighted by molar-refractivity contribution is -0.274. The van der Waals surface area contributed by atoms with Crippen LogP contribution in [0.1, 0.15) is 0 Å². The summed E-state index contributed by atoms with van der Waals surface area (Å²) in [6.07, 6.45) is -3.55. The van der Waals surface area contributed by atoms with E-state index in [4.69, 9.17) is 11.6 Å². The van der Waals surface area contributed by atoms with Crippen molar-refractivity contribution in [1.29, 1.82) is 0 Å². The molecule has 0 atom stereocenters. The van der Waals surface area contributed by atoms with Crippen LogP contribution in [0.3, 0.4) is 0 Å². The maximum Gasteiger partial charge on any atom is 0.573 e. The molecule has 0 saturated heterocycles. The second kappa shape index (κ2) is 3.79. The molecule has 0 aliphatic carbocycles. The monoisotopic (exact) mass is 248 g/mol. The first kappa shape index (κ1) is 10.9. The van der Waals surface area contributed by atoms with Crippen LogP contribution in [0.5, 0.6) is 5.75 Å². The Balaban J connectivity index is 2.45. The van der Waals surface area contributed by atoms with Gasteiger partial charge in [0.05, 0.1) is 5.52 Å². The van der Waals surface area contributed by atoms with Crippen LogP contribution < -0.4 is 4.74 Å². The van der Waals surface area contributed by atoms with Crippen LogP contribution in [0.2, 0.25) is 5.15 Å². The van der Waals surface area contributed by atoms with Gasteiger partial charge in [-0.1, -0.05) is 11.6 Å². The lowest BCUT2D eigenvalue weighted by Gasteiger charge is -2.09. The Morgan fingerprint density at radius 3 is 2.62 bits per heavy atom. The van der Waals surface area contributed by atoms with E-state index in [2.05, 4.69) is 14.7 Å². The predicted molar refractivity (Wildman–Crippen MR) is 51.2 cm³/mol. The van der Waals surface area contributed by atoms with Crippen LogP contribution in [0, 0.1) is 0 Å². The van der Waals surface area contributed by atoms with Gasteiger partial charge in [-0.2, -0.15) is 0 Å². The molecule has 0 saturated carbocycles. The van der Waals surface area contributed by atoms with Crippen molar-refractivity contribution in [3.63, 3.8) is 0 Å². The number of alkyl halides is 3. The van der Waals surface area contributed by atoms with Crippen LogP contribution in [0.4, 0.5) is 13.2 Å². The maximum absolute atomic E-state index is 11.9. The third-order valence-corrected chi connectivity index (χ3v) is 2.09. The molecule has 0 fully saturated rings. The zero-order valence-electron chi connectivity index (χ0n) is 7.62. The summed E-state index contributed by atoms with van der Waals surface area (Å²) in [6, 6.07) is 3.68. The smallest absolute Gasteiger partial charge is 0.406 e. The largest absolute Gasteiger partial charge is 0.573 e. The highest BCUT2D eigenvalue weighted by Gasteiger charge is 2.31. The molecule has 0 radical (unpaired) electrons. The number of benzene rings is 1. The quantitative estimate of drug-likeness (QED) is 0.727. The van der Waals surface area contributed by atoms with E-state index < -0.39 is 6.36 Å². The summed E-state index contributed by atoms with van der Waals surface area (Å²) in [7, 11) is 0. The summed E-state index contributed by atoms with van der Waals surface area (Å²) in [6.45, 7) is 0. The van der Waals surface area contributed by atoms with Gasteiger partial charge in [0.15, 0.2) is 0 Å². The van der Waals surface area contributed by atoms with Gasteiger partial charge in [-0.15, -0.1) is 13.2 Å². The number of aromatic nitrogens is 2. The average Bonchev–Trinajstić information content (AvgIpc) is 2.15. The topological polar surface area (TPSA) is 35.0 Å². The molecular formula is C9H4ClF3N2O. The summed E-state index contributed by atoms with van der Waals surface area (Å²) >= 11 is 5.73. The van der Waals surface area contributed by atoms with Crippen LogP contribution in [0.15, 0.2) is 24.5 Å². The highest BCUT2D eigenvalue weighted by molar-refractivity contribution is 6.34. The van der Waals surface area contributed by atoms with Crippen molar-refractivity contribution in [2.45, 2.75) is 6.36 Å². The van der Waals surface area contributed by atoms with Crippen LogP contribution in [-0.2, 0) is 0 Å². The van der Waals surface area contributed by atoms with Crippen LogP contribution >= 0.6 is 11.6 Å². The third-order valence-electron chi connectivity index (χ3n) is 1.79. The summed E-state index contributed by atoms with van der Waals surface area (Å²) in [5, 5.41) is 0.655. The maximum atomic E-state index is 11.9. The molecule has 3 nitrogen and oxygen atoms in total. The van der Waals surface area contributed by atoms with E-state index in [1.807, 2.05) is 0 Å². The first-order valence-corrected chi connectivity index (χ1v) is 4.49. The number of ether oxygens (including phenoxy) is 1. The SMILES string of the molecule is FC(F)(F)Oc1ccc2c(Cl)ncnc2c1. The van der Waals surface area contributed by atoms with Gasteiger partial charge in [-0.05, 0) is 12.1 Å². The molecule has 1 aromatic carbocycles. The Morgan fingerprint density at radius 1 is 1.19 bits per heavy atom. The number of halogens is 4. The van der Waals surface area contributed by atoms with E-state index >= 15 is 0 Å². The number of fused-ring (bicyclic) bond motifs is 1. The van der Waals surface area contributed by atoms with Crippen molar-refractivity contribution in [3.8, 4) is 5.75 Å². The van der Waals surface area contributed by atoms with Gasteiger partial charge in [0.2, 0.25) is 0 Å². The Hall–Kier alpha value is -1.56. The van der Waals surface area contributed by atoms with E-state index in [9.17, 15) is 13.2 Å². The van der Waals surface area contributed by atoms with Gasteiger partial charge in [-0.25, -0.2) is 9.97 Å². The lowest BCUT2D eigenvalue weighted by atomic mass is 10.2. The summed E-state index contributed by atoms with van der Waals surface area (Å²) < 4.78 is 39.6. The van der Waals surface area contributed by atoms with Gasteiger partial charge in [-0.3, -0.25) is 0 Å². The Labute approximate surface area is 92.8 Å². The highest BCUT2D eigenvalue weighted by atomic mass is 35.5. The molecule has 0 N–H and O–H groups in total. The molecule has 0 unspecified atom stereocenters. The van der Waals surface area contributed by atoms with Gasteiger partial charge in [0.1, 0.15) is 17.2 Å². The molecule has 16 heavy (non-hydrogen) atoms. The van der Waals surface area contributed by atoms with E-state index in [1.165, 1.54) is 12.4 Å². The minimum atomic E-state index is -4.72. The standard InChI is InChI=1S/C9H4ClF3N2O/c10-8-6-2-1-5(16-9(11,12)13)3-7(6)14-4-15-8/h1-4H. The molecule has 0 bridgehead atoms. The van der Waals surface area contributed by atoms with Gasteiger partial charge >= 0.3 is 6.36 Å². The summed E-state index contributed by atoms with van der Waals surface area (Å²) in [5.74, 6) is -0.338. The van der Waals surface area contributed by atoms with Gasteiger partial charge in [0.25, 0.3) is 0 Å². The second-order valence-electron chi connectivity index (χ2n) is 2.89. The van der Waals surface area contributed by atoms with Gasteiger partial charge in [0, 0.05) is 11.5 Å². The molecule has 84 valence electrons. The van der Waals surface area contributed by atoms with Crippen molar-refractivity contribution in [1.82, 2.24) is 9.97 Å². The fourth-order valence-electron chi connectivity index (χ4n) is 1.20. The lowest BCUT2D eigenvalue weighted by Crippen LogP contribution is -2.17. The van der Waals surface area contributed by atoms with Crippen LogP contribution in [0.25, 0.3) is 10.9 Å². The minimum absolute atomic E-state index is 0.184. The Bertz CT molecular complexity index is 530. The first-order chi connectivity index (χ1) is 7.46.